The number of halogens is 6. The highest BCUT2D eigenvalue weighted by Crippen LogP contribution is 2.41. The van der Waals surface area contributed by atoms with Crippen LogP contribution in [-0.2, 0) is 12.4 Å². The van der Waals surface area contributed by atoms with Crippen LogP contribution in [0.15, 0.2) is 72.8 Å². The summed E-state index contributed by atoms with van der Waals surface area (Å²) >= 11 is 0. The number of anilines is 4. The molecular formula is C26H20F6N4O3. The van der Waals surface area contributed by atoms with Crippen molar-refractivity contribution in [3.8, 4) is 34.5 Å². The van der Waals surface area contributed by atoms with Crippen LogP contribution < -0.4 is 37.1 Å². The molecule has 0 radical (unpaired) electrons. The van der Waals surface area contributed by atoms with Crippen LogP contribution in [-0.4, -0.2) is 0 Å². The highest BCUT2D eigenvalue weighted by molar-refractivity contribution is 5.71. The Morgan fingerprint density at radius 3 is 0.872 bits per heavy atom. The summed E-state index contributed by atoms with van der Waals surface area (Å²) in [6.45, 7) is 0. The standard InChI is InChI=1S/C26H20F6N4O3/c27-25(28,29)13-9-19(33)23(20(34)10-13)38-17-5-1-15(2-6-17)37-16-3-7-18(8-4-16)39-24-21(35)11-14(12-22(24)36)26(30,31)32/h1-12H,33-36H2. The van der Waals surface area contributed by atoms with E-state index >= 15 is 0 Å². The second kappa shape index (κ2) is 10.1. The van der Waals surface area contributed by atoms with Gasteiger partial charge >= 0.3 is 12.4 Å². The number of rotatable bonds is 6. The van der Waals surface area contributed by atoms with Crippen molar-refractivity contribution in [2.75, 3.05) is 22.9 Å². The SMILES string of the molecule is Nc1cc(C(F)(F)F)cc(N)c1Oc1ccc(Oc2ccc(Oc3c(N)cc(C(F)(F)F)cc3N)cc2)cc1. The van der Waals surface area contributed by atoms with Crippen molar-refractivity contribution in [3.63, 3.8) is 0 Å². The first-order valence-corrected chi connectivity index (χ1v) is 11.0. The van der Waals surface area contributed by atoms with Gasteiger partial charge in [-0.05, 0) is 72.8 Å². The highest BCUT2D eigenvalue weighted by atomic mass is 19.4. The monoisotopic (exact) mass is 550 g/mol. The maximum absolute atomic E-state index is 12.9. The van der Waals surface area contributed by atoms with Crippen molar-refractivity contribution in [1.29, 1.82) is 0 Å². The van der Waals surface area contributed by atoms with E-state index in [4.69, 9.17) is 37.1 Å². The van der Waals surface area contributed by atoms with Crippen LogP contribution in [0.5, 0.6) is 34.5 Å². The molecular weight excluding hydrogens is 530 g/mol. The molecule has 7 nitrogen and oxygen atoms in total. The minimum absolute atomic E-state index is 0.110. The van der Waals surface area contributed by atoms with Gasteiger partial charge in [-0.2, -0.15) is 26.3 Å². The lowest BCUT2D eigenvalue weighted by atomic mass is 10.1. The highest BCUT2D eigenvalue weighted by Gasteiger charge is 2.33. The normalized spacial score (nSPS) is 11.7. The van der Waals surface area contributed by atoms with Gasteiger partial charge in [0, 0.05) is 0 Å². The van der Waals surface area contributed by atoms with E-state index in [0.29, 0.717) is 11.5 Å². The summed E-state index contributed by atoms with van der Waals surface area (Å²) in [5.41, 5.74) is 19.7. The number of nitrogen functional groups attached to an aromatic ring is 4. The molecule has 4 aromatic rings. The first-order chi connectivity index (χ1) is 18.2. The molecule has 0 aliphatic heterocycles. The Morgan fingerprint density at radius 1 is 0.410 bits per heavy atom. The summed E-state index contributed by atoms with van der Waals surface area (Å²) in [6.07, 6.45) is -9.21. The van der Waals surface area contributed by atoms with E-state index in [1.54, 1.807) is 24.3 Å². The molecule has 0 aliphatic rings. The average molecular weight is 550 g/mol. The Bertz CT molecular complexity index is 1330. The van der Waals surface area contributed by atoms with Gasteiger partial charge in [-0.1, -0.05) is 0 Å². The van der Waals surface area contributed by atoms with Gasteiger partial charge in [-0.3, -0.25) is 0 Å². The fraction of sp³-hybridized carbons (Fsp3) is 0.0769. The van der Waals surface area contributed by atoms with Crippen molar-refractivity contribution >= 4 is 22.7 Å². The number of ether oxygens (including phenoxy) is 3. The molecule has 4 aromatic carbocycles. The predicted octanol–water partition coefficient (Wildman–Crippen LogP) is 7.43. The van der Waals surface area contributed by atoms with Gasteiger partial charge < -0.3 is 37.1 Å². The van der Waals surface area contributed by atoms with E-state index in [1.807, 2.05) is 0 Å². The van der Waals surface area contributed by atoms with Gasteiger partial charge in [-0.25, -0.2) is 0 Å². The topological polar surface area (TPSA) is 132 Å². The molecule has 0 aliphatic carbocycles. The molecule has 0 amide bonds. The molecule has 0 atom stereocenters. The third-order valence-corrected chi connectivity index (χ3v) is 5.27. The van der Waals surface area contributed by atoms with Gasteiger partial charge in [0.05, 0.1) is 33.9 Å². The minimum atomic E-state index is -4.60. The van der Waals surface area contributed by atoms with Crippen LogP contribution >= 0.6 is 0 Å². The second-order valence-electron chi connectivity index (χ2n) is 8.21. The molecule has 0 bridgehead atoms. The minimum Gasteiger partial charge on any atom is -0.457 e. The third kappa shape index (κ3) is 6.32. The third-order valence-electron chi connectivity index (χ3n) is 5.27. The molecule has 4 rings (SSSR count). The zero-order valence-corrected chi connectivity index (χ0v) is 19.7. The zero-order chi connectivity index (χ0) is 28.5. The molecule has 13 heteroatoms. The molecule has 0 spiro atoms. The van der Waals surface area contributed by atoms with Crippen molar-refractivity contribution in [2.45, 2.75) is 12.4 Å². The van der Waals surface area contributed by atoms with E-state index in [0.717, 1.165) is 24.3 Å². The number of hydrogen-bond acceptors (Lipinski definition) is 7. The van der Waals surface area contributed by atoms with Crippen molar-refractivity contribution < 1.29 is 40.6 Å². The Kier molecular flexibility index (Phi) is 7.01. The van der Waals surface area contributed by atoms with E-state index in [2.05, 4.69) is 0 Å². The van der Waals surface area contributed by atoms with E-state index in [-0.39, 0.29) is 45.7 Å². The predicted molar refractivity (Wildman–Crippen MR) is 134 cm³/mol. The summed E-state index contributed by atoms with van der Waals surface area (Å²) in [6, 6.07) is 15.1. The summed E-state index contributed by atoms with van der Waals surface area (Å²) in [5.74, 6) is 1.05. The molecule has 0 heterocycles. The van der Waals surface area contributed by atoms with Gasteiger partial charge in [0.1, 0.15) is 23.0 Å². The molecule has 0 fully saturated rings. The Morgan fingerprint density at radius 2 is 0.641 bits per heavy atom. The summed E-state index contributed by atoms with van der Waals surface area (Å²) < 4.78 is 94.3. The lowest BCUT2D eigenvalue weighted by molar-refractivity contribution is -0.138. The van der Waals surface area contributed by atoms with Crippen molar-refractivity contribution in [3.05, 3.63) is 83.9 Å². The molecule has 0 saturated carbocycles. The van der Waals surface area contributed by atoms with E-state index in [9.17, 15) is 26.3 Å². The number of hydrogen-bond donors (Lipinski definition) is 4. The smallest absolute Gasteiger partial charge is 0.416 e. The number of alkyl halides is 6. The average Bonchev–Trinajstić information content (AvgIpc) is 2.84. The second-order valence-corrected chi connectivity index (χ2v) is 8.21. The van der Waals surface area contributed by atoms with Crippen LogP contribution in [0.1, 0.15) is 11.1 Å². The van der Waals surface area contributed by atoms with Crippen molar-refractivity contribution in [2.24, 2.45) is 0 Å². The Hall–Kier alpha value is -4.94. The fourth-order valence-electron chi connectivity index (χ4n) is 3.44. The van der Waals surface area contributed by atoms with Gasteiger partial charge in [0.2, 0.25) is 0 Å². The van der Waals surface area contributed by atoms with Gasteiger partial charge in [-0.15, -0.1) is 0 Å². The quantitative estimate of drug-likeness (QED) is 0.145. The van der Waals surface area contributed by atoms with Crippen molar-refractivity contribution in [1.82, 2.24) is 0 Å². The molecule has 0 unspecified atom stereocenters. The molecule has 204 valence electrons. The Balaban J connectivity index is 1.42. The first-order valence-electron chi connectivity index (χ1n) is 11.0. The number of benzene rings is 4. The maximum Gasteiger partial charge on any atom is 0.416 e. The molecule has 0 aromatic heterocycles. The number of nitrogens with two attached hydrogens (primary N) is 4. The molecule has 0 saturated heterocycles. The van der Waals surface area contributed by atoms with Crippen LogP contribution in [0, 0.1) is 0 Å². The zero-order valence-electron chi connectivity index (χ0n) is 19.7. The van der Waals surface area contributed by atoms with Crippen LogP contribution in [0.3, 0.4) is 0 Å². The van der Waals surface area contributed by atoms with Crippen LogP contribution in [0.2, 0.25) is 0 Å². The molecule has 8 N–H and O–H groups in total. The van der Waals surface area contributed by atoms with E-state index in [1.165, 1.54) is 24.3 Å². The van der Waals surface area contributed by atoms with Gasteiger partial charge in [0.15, 0.2) is 11.5 Å². The van der Waals surface area contributed by atoms with Crippen LogP contribution in [0.4, 0.5) is 49.1 Å². The summed E-state index contributed by atoms with van der Waals surface area (Å²) in [4.78, 5) is 0. The lowest BCUT2D eigenvalue weighted by Gasteiger charge is -2.15. The summed E-state index contributed by atoms with van der Waals surface area (Å²) in [5, 5.41) is 0. The first kappa shape index (κ1) is 27.1. The van der Waals surface area contributed by atoms with Gasteiger partial charge in [0.25, 0.3) is 0 Å². The maximum atomic E-state index is 12.9. The van der Waals surface area contributed by atoms with Crippen LogP contribution in [0.25, 0.3) is 0 Å². The van der Waals surface area contributed by atoms with E-state index < -0.39 is 23.5 Å². The summed E-state index contributed by atoms with van der Waals surface area (Å²) in [7, 11) is 0. The Labute approximate surface area is 217 Å². The largest absolute Gasteiger partial charge is 0.457 e. The molecule has 39 heavy (non-hydrogen) atoms. The lowest BCUT2D eigenvalue weighted by Crippen LogP contribution is -2.08. The fourth-order valence-corrected chi connectivity index (χ4v) is 3.44.